The third-order valence-electron chi connectivity index (χ3n) is 5.06. The number of amides is 2. The van der Waals surface area contributed by atoms with Gasteiger partial charge < -0.3 is 15.7 Å². The summed E-state index contributed by atoms with van der Waals surface area (Å²) in [6, 6.07) is 6.73. The SMILES string of the molecule is O=C(NCc1ccc2c(c1)CCC2)NC1CCC(CO)CC1. The van der Waals surface area contributed by atoms with E-state index in [9.17, 15) is 4.79 Å². The van der Waals surface area contributed by atoms with Crippen LogP contribution in [0.3, 0.4) is 0 Å². The lowest BCUT2D eigenvalue weighted by molar-refractivity contribution is 0.174. The minimum Gasteiger partial charge on any atom is -0.396 e. The third-order valence-corrected chi connectivity index (χ3v) is 5.06. The molecular formula is C18H26N2O2. The van der Waals surface area contributed by atoms with Gasteiger partial charge in [-0.25, -0.2) is 4.79 Å². The Morgan fingerprint density at radius 2 is 1.91 bits per heavy atom. The van der Waals surface area contributed by atoms with Gasteiger partial charge in [0.05, 0.1) is 0 Å². The minimum absolute atomic E-state index is 0.0760. The number of aliphatic hydroxyl groups is 1. The Hall–Kier alpha value is -1.55. The summed E-state index contributed by atoms with van der Waals surface area (Å²) in [4.78, 5) is 12.0. The molecule has 0 radical (unpaired) electrons. The molecule has 0 aromatic heterocycles. The number of hydrogen-bond acceptors (Lipinski definition) is 2. The van der Waals surface area contributed by atoms with Crippen molar-refractivity contribution in [1.82, 2.24) is 10.6 Å². The van der Waals surface area contributed by atoms with E-state index in [-0.39, 0.29) is 18.7 Å². The molecule has 0 aliphatic heterocycles. The lowest BCUT2D eigenvalue weighted by atomic mass is 9.87. The topological polar surface area (TPSA) is 61.4 Å². The first-order valence-electron chi connectivity index (χ1n) is 8.50. The van der Waals surface area contributed by atoms with E-state index in [0.29, 0.717) is 12.5 Å². The van der Waals surface area contributed by atoms with E-state index in [0.717, 1.165) is 25.7 Å². The van der Waals surface area contributed by atoms with Gasteiger partial charge in [0.15, 0.2) is 0 Å². The highest BCUT2D eigenvalue weighted by atomic mass is 16.3. The molecule has 4 heteroatoms. The van der Waals surface area contributed by atoms with Crippen molar-refractivity contribution in [3.63, 3.8) is 0 Å². The number of hydrogen-bond donors (Lipinski definition) is 3. The average molecular weight is 302 g/mol. The van der Waals surface area contributed by atoms with E-state index in [1.165, 1.54) is 36.0 Å². The smallest absolute Gasteiger partial charge is 0.315 e. The molecule has 3 N–H and O–H groups in total. The van der Waals surface area contributed by atoms with Crippen LogP contribution in [0.2, 0.25) is 0 Å². The van der Waals surface area contributed by atoms with Crippen LogP contribution >= 0.6 is 0 Å². The Morgan fingerprint density at radius 3 is 2.68 bits per heavy atom. The van der Waals surface area contributed by atoms with E-state index < -0.39 is 0 Å². The summed E-state index contributed by atoms with van der Waals surface area (Å²) in [7, 11) is 0. The van der Waals surface area contributed by atoms with Crippen LogP contribution in [0.5, 0.6) is 0 Å². The molecule has 1 aromatic carbocycles. The van der Waals surface area contributed by atoms with Crippen LogP contribution in [0.25, 0.3) is 0 Å². The number of urea groups is 1. The Balaban J connectivity index is 1.43. The van der Waals surface area contributed by atoms with Gasteiger partial charge in [-0.2, -0.15) is 0 Å². The third kappa shape index (κ3) is 3.80. The summed E-state index contributed by atoms with van der Waals surface area (Å²) in [5.41, 5.74) is 4.09. The Morgan fingerprint density at radius 1 is 1.14 bits per heavy atom. The fourth-order valence-electron chi connectivity index (χ4n) is 3.64. The van der Waals surface area contributed by atoms with Crippen LogP contribution in [0, 0.1) is 5.92 Å². The maximum absolute atomic E-state index is 12.0. The maximum Gasteiger partial charge on any atom is 0.315 e. The number of benzene rings is 1. The van der Waals surface area contributed by atoms with Crippen LogP contribution < -0.4 is 10.6 Å². The van der Waals surface area contributed by atoms with E-state index in [1.807, 2.05) is 0 Å². The monoisotopic (exact) mass is 302 g/mol. The summed E-state index contributed by atoms with van der Waals surface area (Å²) < 4.78 is 0. The molecule has 1 saturated carbocycles. The molecule has 120 valence electrons. The molecule has 2 aliphatic carbocycles. The highest BCUT2D eigenvalue weighted by Crippen LogP contribution is 2.24. The van der Waals surface area contributed by atoms with E-state index in [1.54, 1.807) is 0 Å². The maximum atomic E-state index is 12.0. The second kappa shape index (κ2) is 7.14. The van der Waals surface area contributed by atoms with Gasteiger partial charge in [-0.05, 0) is 67.6 Å². The normalized spacial score (nSPS) is 23.9. The molecule has 3 rings (SSSR count). The summed E-state index contributed by atoms with van der Waals surface area (Å²) in [6.45, 7) is 0.863. The van der Waals surface area contributed by atoms with Gasteiger partial charge in [-0.15, -0.1) is 0 Å². The van der Waals surface area contributed by atoms with E-state index in [4.69, 9.17) is 5.11 Å². The molecule has 2 aliphatic rings. The predicted molar refractivity (Wildman–Crippen MR) is 86.7 cm³/mol. The van der Waals surface area contributed by atoms with Crippen LogP contribution in [-0.4, -0.2) is 23.8 Å². The Labute approximate surface area is 132 Å². The molecule has 0 unspecified atom stereocenters. The Kier molecular flexibility index (Phi) is 4.98. The zero-order chi connectivity index (χ0) is 15.4. The Bertz CT molecular complexity index is 522. The lowest BCUT2D eigenvalue weighted by Crippen LogP contribution is -2.43. The van der Waals surface area contributed by atoms with Gasteiger partial charge in [-0.1, -0.05) is 18.2 Å². The van der Waals surface area contributed by atoms with Crippen molar-refractivity contribution in [2.75, 3.05) is 6.61 Å². The standard InChI is InChI=1S/C18H26N2O2/c21-12-13-5-8-17(9-6-13)20-18(22)19-11-14-4-7-15-2-1-3-16(15)10-14/h4,7,10,13,17,21H,1-3,5-6,8-9,11-12H2,(H2,19,20,22). The van der Waals surface area contributed by atoms with Crippen molar-refractivity contribution in [1.29, 1.82) is 0 Å². The minimum atomic E-state index is -0.0760. The van der Waals surface area contributed by atoms with Crippen molar-refractivity contribution in [3.8, 4) is 0 Å². The molecule has 0 atom stereocenters. The molecule has 1 aromatic rings. The number of nitrogens with one attached hydrogen (secondary N) is 2. The lowest BCUT2D eigenvalue weighted by Gasteiger charge is -2.27. The fourth-order valence-corrected chi connectivity index (χ4v) is 3.64. The molecule has 0 heterocycles. The van der Waals surface area contributed by atoms with Crippen LogP contribution in [0.1, 0.15) is 48.8 Å². The van der Waals surface area contributed by atoms with Gasteiger partial charge in [-0.3, -0.25) is 0 Å². The van der Waals surface area contributed by atoms with Gasteiger partial charge in [0.1, 0.15) is 0 Å². The average Bonchev–Trinajstić information content (AvgIpc) is 3.01. The molecular weight excluding hydrogens is 276 g/mol. The largest absolute Gasteiger partial charge is 0.396 e. The zero-order valence-corrected chi connectivity index (χ0v) is 13.1. The number of rotatable bonds is 4. The van der Waals surface area contributed by atoms with Crippen molar-refractivity contribution in [2.45, 2.75) is 57.5 Å². The van der Waals surface area contributed by atoms with Crippen molar-refractivity contribution < 1.29 is 9.90 Å². The van der Waals surface area contributed by atoms with Crippen LogP contribution in [0.4, 0.5) is 4.79 Å². The summed E-state index contributed by atoms with van der Waals surface area (Å²) in [6.07, 6.45) is 7.57. The number of fused-ring (bicyclic) bond motifs is 1. The summed E-state index contributed by atoms with van der Waals surface area (Å²) in [5, 5.41) is 15.2. The number of carbonyl (C=O) groups is 1. The van der Waals surface area contributed by atoms with E-state index >= 15 is 0 Å². The number of carbonyl (C=O) groups excluding carboxylic acids is 1. The van der Waals surface area contributed by atoms with Gasteiger partial charge in [0, 0.05) is 19.2 Å². The van der Waals surface area contributed by atoms with Crippen molar-refractivity contribution in [3.05, 3.63) is 34.9 Å². The molecule has 0 bridgehead atoms. The molecule has 0 spiro atoms. The molecule has 4 nitrogen and oxygen atoms in total. The van der Waals surface area contributed by atoms with Crippen LogP contribution in [-0.2, 0) is 19.4 Å². The number of aryl methyl sites for hydroxylation is 2. The second-order valence-corrected chi connectivity index (χ2v) is 6.68. The first-order chi connectivity index (χ1) is 10.7. The predicted octanol–water partition coefficient (Wildman–Crippen LogP) is 2.53. The fraction of sp³-hybridized carbons (Fsp3) is 0.611. The van der Waals surface area contributed by atoms with Gasteiger partial charge >= 0.3 is 6.03 Å². The first-order valence-corrected chi connectivity index (χ1v) is 8.50. The van der Waals surface area contributed by atoms with Crippen LogP contribution in [0.15, 0.2) is 18.2 Å². The zero-order valence-electron chi connectivity index (χ0n) is 13.1. The quantitative estimate of drug-likeness (QED) is 0.800. The molecule has 22 heavy (non-hydrogen) atoms. The highest BCUT2D eigenvalue weighted by molar-refractivity contribution is 5.74. The van der Waals surface area contributed by atoms with Gasteiger partial charge in [0.2, 0.25) is 0 Å². The number of aliphatic hydroxyl groups excluding tert-OH is 1. The van der Waals surface area contributed by atoms with Gasteiger partial charge in [0.25, 0.3) is 0 Å². The second-order valence-electron chi connectivity index (χ2n) is 6.68. The summed E-state index contributed by atoms with van der Waals surface area (Å²) in [5.74, 6) is 0.424. The molecule has 0 saturated heterocycles. The highest BCUT2D eigenvalue weighted by Gasteiger charge is 2.21. The summed E-state index contributed by atoms with van der Waals surface area (Å²) >= 11 is 0. The van der Waals surface area contributed by atoms with Crippen molar-refractivity contribution >= 4 is 6.03 Å². The van der Waals surface area contributed by atoms with E-state index in [2.05, 4.69) is 28.8 Å². The molecule has 1 fully saturated rings. The first kappa shape index (κ1) is 15.3. The molecule has 2 amide bonds. The van der Waals surface area contributed by atoms with Crippen molar-refractivity contribution in [2.24, 2.45) is 5.92 Å².